The lowest BCUT2D eigenvalue weighted by atomic mass is 9.79. The lowest BCUT2D eigenvalue weighted by molar-refractivity contribution is -0.130. The minimum absolute atomic E-state index is 0.459. The molecule has 1 aromatic rings. The average molecular weight is 491 g/mol. The first-order valence-electron chi connectivity index (χ1n) is 12.0. The fourth-order valence-corrected chi connectivity index (χ4v) is 3.41. The number of nitrogens with one attached hydrogen (secondary N) is 3. The van der Waals surface area contributed by atoms with Crippen LogP contribution >= 0.6 is 0 Å². The highest BCUT2D eigenvalue weighted by Gasteiger charge is 2.51. The third-order valence-electron chi connectivity index (χ3n) is 5.71. The lowest BCUT2D eigenvalue weighted by Crippen LogP contribution is -2.56. The monoisotopic (exact) mass is 491 g/mol. The zero-order valence-corrected chi connectivity index (χ0v) is 23.0. The molecule has 2 amide bonds. The smallest absolute Gasteiger partial charge is 0.444 e. The number of rotatable bonds is 7. The number of ether oxygens (including phenoxy) is 2. The molecule has 1 fully saturated rings. The number of alkyl carbamates (subject to hydrolysis) is 1. The number of anilines is 1. The van der Waals surface area contributed by atoms with Gasteiger partial charge in [0, 0.05) is 0 Å². The van der Waals surface area contributed by atoms with Crippen LogP contribution in [0, 0.1) is 0 Å². The van der Waals surface area contributed by atoms with Gasteiger partial charge in [-0.25, -0.2) is 4.79 Å². The summed E-state index contributed by atoms with van der Waals surface area (Å²) in [6.45, 7) is 20.6. The molecule has 9 nitrogen and oxygen atoms in total. The lowest BCUT2D eigenvalue weighted by Gasteiger charge is -2.32. The normalized spacial score (nSPS) is 19.0. The van der Waals surface area contributed by atoms with Gasteiger partial charge in [0.2, 0.25) is 0 Å². The van der Waals surface area contributed by atoms with E-state index in [0.29, 0.717) is 5.69 Å². The Morgan fingerprint density at radius 1 is 0.971 bits per heavy atom. The number of benzene rings is 1. The minimum Gasteiger partial charge on any atom is -0.444 e. The Labute approximate surface area is 210 Å². The summed E-state index contributed by atoms with van der Waals surface area (Å²) in [4.78, 5) is 25.5. The zero-order valence-electron chi connectivity index (χ0n) is 23.0. The topological polar surface area (TPSA) is 107 Å². The van der Waals surface area contributed by atoms with E-state index in [2.05, 4.69) is 16.2 Å². The van der Waals surface area contributed by atoms with Crippen molar-refractivity contribution in [3.05, 3.63) is 24.3 Å². The van der Waals surface area contributed by atoms with Crippen molar-refractivity contribution in [2.24, 2.45) is 0 Å². The molecular formula is C25H42BN3O6. The summed E-state index contributed by atoms with van der Waals surface area (Å²) in [7, 11) is -0.528. The SMILES string of the molecule is C[C@@H](OC(C)(C)C)[C@H](NC(=O)OC(C)(C)C)C(=O)NNc1cccc(B2OC(C)(C)C(C)(C)O2)c1. The second-order valence-corrected chi connectivity index (χ2v) is 11.9. The number of hydrogen-bond acceptors (Lipinski definition) is 7. The highest BCUT2D eigenvalue weighted by molar-refractivity contribution is 6.62. The number of carbonyl (C=O) groups excluding carboxylic acids is 2. The van der Waals surface area contributed by atoms with Gasteiger partial charge < -0.3 is 24.1 Å². The number of hydrogen-bond donors (Lipinski definition) is 3. The van der Waals surface area contributed by atoms with E-state index in [0.717, 1.165) is 5.46 Å². The van der Waals surface area contributed by atoms with Gasteiger partial charge in [0.15, 0.2) is 0 Å². The maximum absolute atomic E-state index is 13.1. The van der Waals surface area contributed by atoms with Crippen molar-refractivity contribution in [3.63, 3.8) is 0 Å². The van der Waals surface area contributed by atoms with E-state index in [1.54, 1.807) is 33.8 Å². The Balaban J connectivity index is 2.11. The van der Waals surface area contributed by atoms with Gasteiger partial charge in [-0.2, -0.15) is 0 Å². The van der Waals surface area contributed by atoms with E-state index in [-0.39, 0.29) is 0 Å². The summed E-state index contributed by atoms with van der Waals surface area (Å²) in [5.41, 5.74) is 4.88. The van der Waals surface area contributed by atoms with Crippen LogP contribution in [0.1, 0.15) is 76.2 Å². The van der Waals surface area contributed by atoms with E-state index in [4.69, 9.17) is 18.8 Å². The number of carbonyl (C=O) groups is 2. The molecule has 10 heteroatoms. The molecule has 2 rings (SSSR count). The van der Waals surface area contributed by atoms with Gasteiger partial charge in [0.05, 0.1) is 28.6 Å². The molecule has 0 saturated carbocycles. The summed E-state index contributed by atoms with van der Waals surface area (Å²) >= 11 is 0. The molecule has 0 radical (unpaired) electrons. The van der Waals surface area contributed by atoms with Crippen molar-refractivity contribution in [1.29, 1.82) is 0 Å². The molecule has 1 saturated heterocycles. The highest BCUT2D eigenvalue weighted by atomic mass is 16.7. The Kier molecular flexibility index (Phi) is 8.57. The summed E-state index contributed by atoms with van der Waals surface area (Å²) in [5, 5.41) is 2.63. The Bertz CT molecular complexity index is 891. The Morgan fingerprint density at radius 2 is 1.54 bits per heavy atom. The van der Waals surface area contributed by atoms with Gasteiger partial charge in [-0.3, -0.25) is 15.6 Å². The first-order chi connectivity index (χ1) is 15.8. The largest absolute Gasteiger partial charge is 0.494 e. The number of hydrazine groups is 1. The van der Waals surface area contributed by atoms with Crippen molar-refractivity contribution in [2.45, 2.75) is 111 Å². The van der Waals surface area contributed by atoms with Crippen molar-refractivity contribution < 1.29 is 28.4 Å². The fraction of sp³-hybridized carbons (Fsp3) is 0.680. The zero-order chi connectivity index (χ0) is 26.8. The molecule has 1 heterocycles. The van der Waals surface area contributed by atoms with Crippen LogP contribution in [0.15, 0.2) is 24.3 Å². The summed E-state index contributed by atoms with van der Waals surface area (Å²) in [5.74, 6) is -0.478. The summed E-state index contributed by atoms with van der Waals surface area (Å²) in [6, 6.07) is 6.40. The molecule has 0 spiro atoms. The Hall–Kier alpha value is -2.30. The molecule has 3 N–H and O–H groups in total. The number of amides is 2. The molecule has 1 aromatic carbocycles. The maximum Gasteiger partial charge on any atom is 0.494 e. The van der Waals surface area contributed by atoms with E-state index < -0.39 is 53.7 Å². The first kappa shape index (κ1) is 28.9. The van der Waals surface area contributed by atoms with Crippen LogP contribution in [0.2, 0.25) is 0 Å². The standard InChI is InChI=1S/C25H42BN3O6/c1-16(32-22(2,3)4)19(27-21(31)33-23(5,6)7)20(30)29-28-18-14-12-13-17(15-18)26-34-24(8,9)25(10,11)35-26/h12-16,19,28H,1-11H3,(H,27,31)(H,29,30)/t16-,19+/m1/s1. The third kappa shape index (κ3) is 8.40. The van der Waals surface area contributed by atoms with E-state index >= 15 is 0 Å². The van der Waals surface area contributed by atoms with Crippen molar-refractivity contribution in [2.75, 3.05) is 5.43 Å². The molecule has 0 aliphatic carbocycles. The van der Waals surface area contributed by atoms with E-state index in [1.807, 2.05) is 66.7 Å². The van der Waals surface area contributed by atoms with Crippen molar-refractivity contribution in [1.82, 2.24) is 10.7 Å². The van der Waals surface area contributed by atoms with Gasteiger partial charge in [-0.1, -0.05) is 12.1 Å². The molecule has 35 heavy (non-hydrogen) atoms. The van der Waals surface area contributed by atoms with Crippen LogP contribution in [0.3, 0.4) is 0 Å². The molecule has 1 aliphatic heterocycles. The highest BCUT2D eigenvalue weighted by Crippen LogP contribution is 2.36. The molecular weight excluding hydrogens is 449 g/mol. The fourth-order valence-electron chi connectivity index (χ4n) is 3.41. The molecule has 0 bridgehead atoms. The van der Waals surface area contributed by atoms with Crippen LogP contribution in [-0.2, 0) is 23.6 Å². The van der Waals surface area contributed by atoms with Crippen LogP contribution in [0.5, 0.6) is 0 Å². The summed E-state index contributed by atoms with van der Waals surface area (Å²) < 4.78 is 23.5. The molecule has 0 unspecified atom stereocenters. The van der Waals surface area contributed by atoms with Gasteiger partial charge in [0.25, 0.3) is 5.91 Å². The molecule has 0 aromatic heterocycles. The van der Waals surface area contributed by atoms with E-state index in [9.17, 15) is 9.59 Å². The predicted molar refractivity (Wildman–Crippen MR) is 137 cm³/mol. The molecule has 1 aliphatic rings. The van der Waals surface area contributed by atoms with Gasteiger partial charge in [-0.15, -0.1) is 0 Å². The second kappa shape index (κ2) is 10.4. The molecule has 196 valence electrons. The van der Waals surface area contributed by atoms with Crippen molar-refractivity contribution in [3.8, 4) is 0 Å². The van der Waals surface area contributed by atoms with E-state index in [1.165, 1.54) is 0 Å². The van der Waals surface area contributed by atoms with Gasteiger partial charge >= 0.3 is 13.2 Å². The van der Waals surface area contributed by atoms with Crippen LogP contribution in [0.4, 0.5) is 10.5 Å². The maximum atomic E-state index is 13.1. The quantitative estimate of drug-likeness (QED) is 0.396. The third-order valence-corrected chi connectivity index (χ3v) is 5.71. The second-order valence-electron chi connectivity index (χ2n) is 11.9. The van der Waals surface area contributed by atoms with Crippen LogP contribution in [0.25, 0.3) is 0 Å². The molecule has 2 atom stereocenters. The summed E-state index contributed by atoms with van der Waals surface area (Å²) in [6.07, 6.45) is -1.33. The predicted octanol–water partition coefficient (Wildman–Crippen LogP) is 3.53. The van der Waals surface area contributed by atoms with Gasteiger partial charge in [0.1, 0.15) is 11.6 Å². The van der Waals surface area contributed by atoms with Crippen molar-refractivity contribution >= 4 is 30.3 Å². The average Bonchev–Trinajstić information content (AvgIpc) is 2.89. The Morgan fingerprint density at radius 3 is 2.06 bits per heavy atom. The van der Waals surface area contributed by atoms with Crippen LogP contribution < -0.4 is 21.6 Å². The minimum atomic E-state index is -0.997. The van der Waals surface area contributed by atoms with Crippen LogP contribution in [-0.4, -0.2) is 53.7 Å². The first-order valence-corrected chi connectivity index (χ1v) is 12.0. The van der Waals surface area contributed by atoms with Gasteiger partial charge in [-0.05, 0) is 93.8 Å².